The summed E-state index contributed by atoms with van der Waals surface area (Å²) in [5.41, 5.74) is 0.665. The number of esters is 2. The molecule has 0 radical (unpaired) electrons. The van der Waals surface area contributed by atoms with Crippen molar-refractivity contribution in [3.63, 3.8) is 0 Å². The van der Waals surface area contributed by atoms with Crippen LogP contribution in [0.2, 0.25) is 0 Å². The molecule has 2 aromatic rings. The van der Waals surface area contributed by atoms with Gasteiger partial charge in [-0.3, -0.25) is 19.5 Å². The maximum atomic E-state index is 13.1. The molecule has 0 aliphatic carbocycles. The first-order valence-corrected chi connectivity index (χ1v) is 8.58. The van der Waals surface area contributed by atoms with Gasteiger partial charge in [0.15, 0.2) is 0 Å². The summed E-state index contributed by atoms with van der Waals surface area (Å²) >= 11 is 0. The molecule has 3 rings (SSSR count). The number of benzene rings is 1. The number of methoxy groups -OCH3 is 2. The van der Waals surface area contributed by atoms with Crippen LogP contribution in [-0.4, -0.2) is 49.6 Å². The van der Waals surface area contributed by atoms with E-state index in [1.807, 2.05) is 54.4 Å². The van der Waals surface area contributed by atoms with E-state index in [-0.39, 0.29) is 0 Å². The van der Waals surface area contributed by atoms with Gasteiger partial charge in [-0.05, 0) is 29.8 Å². The number of likely N-dealkylation sites (N-methyl/N-ethyl adjacent to an activating group) is 1. The van der Waals surface area contributed by atoms with E-state index in [1.54, 1.807) is 18.5 Å². The average molecular weight is 366 g/mol. The number of nitrogens with zero attached hydrogens (tertiary/aromatic N) is 2. The van der Waals surface area contributed by atoms with Gasteiger partial charge in [0.1, 0.15) is 0 Å². The van der Waals surface area contributed by atoms with E-state index in [4.69, 9.17) is 9.47 Å². The Morgan fingerprint density at radius 1 is 1.11 bits per heavy atom. The summed E-state index contributed by atoms with van der Waals surface area (Å²) in [6, 6.07) is 12.6. The van der Waals surface area contributed by atoms with Crippen LogP contribution >= 0.6 is 0 Å². The number of pyridine rings is 1. The lowest BCUT2D eigenvalue weighted by molar-refractivity contribution is -0.168. The highest BCUT2D eigenvalue weighted by Crippen LogP contribution is 2.51. The van der Waals surface area contributed by atoms with Crippen LogP contribution in [-0.2, 0) is 19.1 Å². The topological polar surface area (TPSA) is 68.7 Å². The molecule has 1 atom stereocenters. The monoisotopic (exact) mass is 366 g/mol. The minimum atomic E-state index is -1.60. The average Bonchev–Trinajstić information content (AvgIpc) is 3.00. The standard InChI is InChI=1S/C21H22N2O4/c1-23-14-17(12-15-8-5-4-6-9-15)21(19(24)26-2,20(25)27-3)18(23)16-10-7-11-22-13-16/h4-13,18H,14H2,1-3H3/b17-12+/t18-/m1/s1. The molecule has 140 valence electrons. The van der Waals surface area contributed by atoms with Gasteiger partial charge >= 0.3 is 11.9 Å². The molecule has 6 nitrogen and oxygen atoms in total. The fourth-order valence-electron chi connectivity index (χ4n) is 3.83. The molecule has 27 heavy (non-hydrogen) atoms. The van der Waals surface area contributed by atoms with Crippen LogP contribution in [0.4, 0.5) is 0 Å². The molecule has 0 N–H and O–H groups in total. The van der Waals surface area contributed by atoms with Crippen molar-refractivity contribution in [1.82, 2.24) is 9.88 Å². The number of carbonyl (C=O) groups is 2. The van der Waals surface area contributed by atoms with Gasteiger partial charge in [-0.15, -0.1) is 0 Å². The molecular weight excluding hydrogens is 344 g/mol. The Labute approximate surface area is 158 Å². The van der Waals surface area contributed by atoms with Crippen molar-refractivity contribution in [3.05, 3.63) is 71.6 Å². The smallest absolute Gasteiger partial charge is 0.329 e. The molecule has 1 saturated heterocycles. The van der Waals surface area contributed by atoms with Crippen molar-refractivity contribution in [1.29, 1.82) is 0 Å². The zero-order chi connectivity index (χ0) is 19.4. The zero-order valence-corrected chi connectivity index (χ0v) is 15.6. The SMILES string of the molecule is COC(=O)C1(C(=O)OC)/C(=C/c2ccccc2)CN(C)[C@@H]1c1cccnc1. The number of hydrogen-bond acceptors (Lipinski definition) is 6. The summed E-state index contributed by atoms with van der Waals surface area (Å²) in [5, 5.41) is 0. The van der Waals surface area contributed by atoms with Crippen molar-refractivity contribution < 1.29 is 19.1 Å². The highest BCUT2D eigenvalue weighted by atomic mass is 16.5. The molecule has 0 spiro atoms. The van der Waals surface area contributed by atoms with Gasteiger partial charge in [0.05, 0.1) is 20.3 Å². The second kappa shape index (κ2) is 7.72. The summed E-state index contributed by atoms with van der Waals surface area (Å²) in [4.78, 5) is 32.2. The Balaban J connectivity index is 2.26. The largest absolute Gasteiger partial charge is 0.468 e. The normalized spacial score (nSPS) is 20.4. The molecule has 0 amide bonds. The second-order valence-electron chi connectivity index (χ2n) is 6.48. The maximum absolute atomic E-state index is 13.1. The first-order chi connectivity index (χ1) is 13.1. The highest BCUT2D eigenvalue weighted by Gasteiger charge is 2.63. The van der Waals surface area contributed by atoms with E-state index in [0.717, 1.165) is 11.1 Å². The Kier molecular flexibility index (Phi) is 5.37. The lowest BCUT2D eigenvalue weighted by Crippen LogP contribution is -2.46. The summed E-state index contributed by atoms with van der Waals surface area (Å²) in [6.07, 6.45) is 5.17. The lowest BCUT2D eigenvalue weighted by Gasteiger charge is -2.33. The molecule has 0 saturated carbocycles. The van der Waals surface area contributed by atoms with Crippen LogP contribution in [0.1, 0.15) is 17.2 Å². The first-order valence-electron chi connectivity index (χ1n) is 8.58. The van der Waals surface area contributed by atoms with E-state index in [2.05, 4.69) is 4.98 Å². The van der Waals surface area contributed by atoms with Gasteiger partial charge in [0, 0.05) is 18.9 Å². The van der Waals surface area contributed by atoms with E-state index < -0.39 is 23.4 Å². The van der Waals surface area contributed by atoms with E-state index >= 15 is 0 Å². The van der Waals surface area contributed by atoms with Crippen LogP contribution < -0.4 is 0 Å². The van der Waals surface area contributed by atoms with Crippen molar-refractivity contribution >= 4 is 18.0 Å². The fourth-order valence-corrected chi connectivity index (χ4v) is 3.83. The Bertz CT molecular complexity index is 833. The molecule has 1 aromatic carbocycles. The minimum Gasteiger partial charge on any atom is -0.468 e. The van der Waals surface area contributed by atoms with Crippen LogP contribution in [0.3, 0.4) is 0 Å². The third-order valence-electron chi connectivity index (χ3n) is 4.93. The van der Waals surface area contributed by atoms with Crippen LogP contribution in [0.25, 0.3) is 6.08 Å². The predicted molar refractivity (Wildman–Crippen MR) is 100 cm³/mol. The third kappa shape index (κ3) is 3.13. The molecule has 1 aromatic heterocycles. The highest BCUT2D eigenvalue weighted by molar-refractivity contribution is 6.06. The molecule has 2 heterocycles. The van der Waals surface area contributed by atoms with Gasteiger partial charge in [-0.1, -0.05) is 42.5 Å². The third-order valence-corrected chi connectivity index (χ3v) is 4.93. The molecule has 1 aliphatic rings. The summed E-state index contributed by atoms with van der Waals surface area (Å²) in [5.74, 6) is -1.29. The van der Waals surface area contributed by atoms with Gasteiger partial charge < -0.3 is 9.47 Å². The molecular formula is C21H22N2O4. The fraction of sp³-hybridized carbons (Fsp3) is 0.286. The first kappa shape index (κ1) is 18.8. The molecule has 1 fully saturated rings. The summed E-state index contributed by atoms with van der Waals surface area (Å²) in [6.45, 7) is 0.415. The van der Waals surface area contributed by atoms with Gasteiger partial charge in [0.2, 0.25) is 5.41 Å². The number of rotatable bonds is 4. The number of likely N-dealkylation sites (tertiary alicyclic amines) is 1. The number of hydrogen-bond donors (Lipinski definition) is 0. The summed E-state index contributed by atoms with van der Waals surface area (Å²) in [7, 11) is 4.43. The lowest BCUT2D eigenvalue weighted by atomic mass is 9.73. The summed E-state index contributed by atoms with van der Waals surface area (Å²) < 4.78 is 10.2. The van der Waals surface area contributed by atoms with Gasteiger partial charge in [-0.2, -0.15) is 0 Å². The predicted octanol–water partition coefficient (Wildman–Crippen LogP) is 2.48. The van der Waals surface area contributed by atoms with Crippen molar-refractivity contribution in [3.8, 4) is 0 Å². The minimum absolute atomic E-state index is 0.415. The van der Waals surface area contributed by atoms with Gasteiger partial charge in [-0.25, -0.2) is 0 Å². The molecule has 0 unspecified atom stereocenters. The zero-order valence-electron chi connectivity index (χ0n) is 15.6. The molecule has 0 bridgehead atoms. The molecule has 6 heteroatoms. The number of carbonyl (C=O) groups excluding carboxylic acids is 2. The Hall–Kier alpha value is -2.99. The van der Waals surface area contributed by atoms with Crippen molar-refractivity contribution in [2.24, 2.45) is 5.41 Å². The second-order valence-corrected chi connectivity index (χ2v) is 6.48. The van der Waals surface area contributed by atoms with E-state index in [1.165, 1.54) is 14.2 Å². The van der Waals surface area contributed by atoms with Crippen LogP contribution in [0, 0.1) is 5.41 Å². The quantitative estimate of drug-likeness (QED) is 0.612. The Morgan fingerprint density at radius 3 is 2.33 bits per heavy atom. The van der Waals surface area contributed by atoms with Crippen LogP contribution in [0.5, 0.6) is 0 Å². The maximum Gasteiger partial charge on any atom is 0.329 e. The van der Waals surface area contributed by atoms with Gasteiger partial charge in [0.25, 0.3) is 0 Å². The van der Waals surface area contributed by atoms with E-state index in [0.29, 0.717) is 12.1 Å². The van der Waals surface area contributed by atoms with E-state index in [9.17, 15) is 9.59 Å². The number of ether oxygens (including phenoxy) is 2. The number of aromatic nitrogens is 1. The van der Waals surface area contributed by atoms with Crippen molar-refractivity contribution in [2.75, 3.05) is 27.8 Å². The molecule has 1 aliphatic heterocycles. The Morgan fingerprint density at radius 2 is 1.78 bits per heavy atom. The van der Waals surface area contributed by atoms with Crippen molar-refractivity contribution in [2.45, 2.75) is 6.04 Å². The van der Waals surface area contributed by atoms with Crippen LogP contribution in [0.15, 0.2) is 60.4 Å².